The minimum absolute atomic E-state index is 0.0932. The van der Waals surface area contributed by atoms with Crippen LogP contribution in [0.25, 0.3) is 10.9 Å². The first-order chi connectivity index (χ1) is 17.9. The average Bonchev–Trinajstić information content (AvgIpc) is 2.92. The molecule has 0 radical (unpaired) electrons. The predicted octanol–water partition coefficient (Wildman–Crippen LogP) is 2.60. The summed E-state index contributed by atoms with van der Waals surface area (Å²) in [5.74, 6) is -0.956. The van der Waals surface area contributed by atoms with Crippen molar-refractivity contribution in [3.63, 3.8) is 0 Å². The van der Waals surface area contributed by atoms with E-state index in [0.29, 0.717) is 50.3 Å². The fourth-order valence-electron chi connectivity index (χ4n) is 5.32. The Morgan fingerprint density at radius 3 is 2.43 bits per heavy atom. The average molecular weight is 504 g/mol. The number of hydrogen-bond donors (Lipinski definition) is 1. The van der Waals surface area contributed by atoms with Gasteiger partial charge in [0.25, 0.3) is 5.91 Å². The predicted molar refractivity (Wildman–Crippen MR) is 138 cm³/mol. The highest BCUT2D eigenvalue weighted by Crippen LogP contribution is 2.28. The number of benzene rings is 2. The van der Waals surface area contributed by atoms with Crippen LogP contribution in [0.15, 0.2) is 54.7 Å². The SMILES string of the molecule is NC(=O)Cc1ccc(C(=O)N2CCCC(C(=O)N3CCN(c4ccnc5cc(F)ccc45)CC3)C2)cc1. The first-order valence-corrected chi connectivity index (χ1v) is 12.6. The van der Waals surface area contributed by atoms with Gasteiger partial charge in [0.05, 0.1) is 17.9 Å². The topological polar surface area (TPSA) is 99.8 Å². The molecule has 3 amide bonds. The summed E-state index contributed by atoms with van der Waals surface area (Å²) in [6.07, 6.45) is 3.37. The van der Waals surface area contributed by atoms with Gasteiger partial charge in [0.15, 0.2) is 0 Å². The van der Waals surface area contributed by atoms with Crippen molar-refractivity contribution in [2.24, 2.45) is 11.7 Å². The minimum Gasteiger partial charge on any atom is -0.369 e. The lowest BCUT2D eigenvalue weighted by Gasteiger charge is -2.40. The number of carbonyl (C=O) groups is 3. The Kier molecular flexibility index (Phi) is 7.03. The quantitative estimate of drug-likeness (QED) is 0.577. The van der Waals surface area contributed by atoms with E-state index in [0.717, 1.165) is 29.5 Å². The van der Waals surface area contributed by atoms with Crippen molar-refractivity contribution in [2.75, 3.05) is 44.2 Å². The second-order valence-electron chi connectivity index (χ2n) is 9.73. The molecule has 0 bridgehead atoms. The van der Waals surface area contributed by atoms with Crippen molar-refractivity contribution in [3.8, 4) is 0 Å². The summed E-state index contributed by atoms with van der Waals surface area (Å²) < 4.78 is 13.6. The fourth-order valence-corrected chi connectivity index (χ4v) is 5.32. The highest BCUT2D eigenvalue weighted by Gasteiger charge is 2.33. The first kappa shape index (κ1) is 24.7. The van der Waals surface area contributed by atoms with E-state index in [1.54, 1.807) is 41.4 Å². The number of piperidine rings is 1. The van der Waals surface area contributed by atoms with Gasteiger partial charge in [-0.1, -0.05) is 12.1 Å². The molecule has 2 aliphatic heterocycles. The lowest BCUT2D eigenvalue weighted by atomic mass is 9.95. The zero-order chi connectivity index (χ0) is 25.9. The molecule has 0 spiro atoms. The standard InChI is InChI=1S/C28H30FN5O3/c29-22-7-8-23-24(17-22)31-10-9-25(23)32-12-14-33(15-13-32)28(37)21-2-1-11-34(18-21)27(36)20-5-3-19(4-6-20)16-26(30)35/h3-10,17,21H,1-2,11-16,18H2,(H2,30,35). The molecule has 8 nitrogen and oxygen atoms in total. The summed E-state index contributed by atoms with van der Waals surface area (Å²) in [6, 6.07) is 13.5. The van der Waals surface area contributed by atoms with Crippen LogP contribution in [0.1, 0.15) is 28.8 Å². The third-order valence-corrected chi connectivity index (χ3v) is 7.25. The summed E-state index contributed by atoms with van der Waals surface area (Å²) >= 11 is 0. The van der Waals surface area contributed by atoms with Gasteiger partial charge in [-0.05, 0) is 48.7 Å². The molecule has 2 saturated heterocycles. The molecule has 1 atom stereocenters. The lowest BCUT2D eigenvalue weighted by Crippen LogP contribution is -2.53. The van der Waals surface area contributed by atoms with Crippen LogP contribution in [0.3, 0.4) is 0 Å². The number of piperazine rings is 1. The highest BCUT2D eigenvalue weighted by molar-refractivity contribution is 5.95. The van der Waals surface area contributed by atoms with Crippen molar-refractivity contribution in [1.82, 2.24) is 14.8 Å². The Hall–Kier alpha value is -4.01. The van der Waals surface area contributed by atoms with Crippen LogP contribution in [0.4, 0.5) is 10.1 Å². The minimum atomic E-state index is -0.415. The van der Waals surface area contributed by atoms with E-state index in [4.69, 9.17) is 5.73 Å². The summed E-state index contributed by atoms with van der Waals surface area (Å²) in [6.45, 7) is 3.56. The largest absolute Gasteiger partial charge is 0.369 e. The van der Waals surface area contributed by atoms with E-state index in [1.165, 1.54) is 12.1 Å². The first-order valence-electron chi connectivity index (χ1n) is 12.6. The lowest BCUT2D eigenvalue weighted by molar-refractivity contribution is -0.137. The van der Waals surface area contributed by atoms with Crippen molar-refractivity contribution < 1.29 is 18.8 Å². The molecule has 1 aromatic heterocycles. The smallest absolute Gasteiger partial charge is 0.253 e. The van der Waals surface area contributed by atoms with E-state index in [-0.39, 0.29) is 30.0 Å². The van der Waals surface area contributed by atoms with Crippen LogP contribution in [-0.4, -0.2) is 71.8 Å². The molecule has 3 aromatic rings. The molecule has 3 heterocycles. The fraction of sp³-hybridized carbons (Fsp3) is 0.357. The van der Waals surface area contributed by atoms with Crippen LogP contribution in [0.2, 0.25) is 0 Å². The maximum atomic E-state index is 13.6. The second-order valence-corrected chi connectivity index (χ2v) is 9.73. The zero-order valence-electron chi connectivity index (χ0n) is 20.6. The number of nitrogens with two attached hydrogens (primary N) is 1. The number of nitrogens with zero attached hydrogens (tertiary/aromatic N) is 4. The number of fused-ring (bicyclic) bond motifs is 1. The van der Waals surface area contributed by atoms with Crippen molar-refractivity contribution in [1.29, 1.82) is 0 Å². The van der Waals surface area contributed by atoms with Crippen LogP contribution in [0.5, 0.6) is 0 Å². The number of pyridine rings is 1. The second kappa shape index (κ2) is 10.5. The third kappa shape index (κ3) is 5.40. The number of aromatic nitrogens is 1. The van der Waals surface area contributed by atoms with Crippen LogP contribution < -0.4 is 10.6 Å². The molecule has 9 heteroatoms. The summed E-state index contributed by atoms with van der Waals surface area (Å²) in [5, 5.41) is 0.896. The van der Waals surface area contributed by atoms with Gasteiger partial charge >= 0.3 is 0 Å². The number of likely N-dealkylation sites (tertiary alicyclic amines) is 1. The molecule has 37 heavy (non-hydrogen) atoms. The molecule has 2 fully saturated rings. The van der Waals surface area contributed by atoms with Gasteiger partial charge in [-0.3, -0.25) is 19.4 Å². The van der Waals surface area contributed by atoms with Crippen molar-refractivity contribution >= 4 is 34.3 Å². The number of amides is 3. The highest BCUT2D eigenvalue weighted by atomic mass is 19.1. The zero-order valence-corrected chi connectivity index (χ0v) is 20.6. The van der Waals surface area contributed by atoms with Crippen LogP contribution >= 0.6 is 0 Å². The number of rotatable bonds is 5. The van der Waals surface area contributed by atoms with E-state index >= 15 is 0 Å². The van der Waals surface area contributed by atoms with Gasteiger partial charge in [-0.25, -0.2) is 4.39 Å². The van der Waals surface area contributed by atoms with E-state index in [1.807, 2.05) is 11.0 Å². The molecular weight excluding hydrogens is 473 g/mol. The molecule has 2 aliphatic rings. The number of hydrogen-bond acceptors (Lipinski definition) is 5. The molecule has 1 unspecified atom stereocenters. The van der Waals surface area contributed by atoms with Crippen LogP contribution in [0, 0.1) is 11.7 Å². The van der Waals surface area contributed by atoms with Crippen molar-refractivity contribution in [3.05, 3.63) is 71.7 Å². The Morgan fingerprint density at radius 1 is 0.946 bits per heavy atom. The van der Waals surface area contributed by atoms with Gasteiger partial charge in [0.1, 0.15) is 5.82 Å². The normalized spacial score (nSPS) is 18.2. The number of carbonyl (C=O) groups excluding carboxylic acids is 3. The Labute approximate surface area is 214 Å². The molecular formula is C28H30FN5O3. The Balaban J connectivity index is 1.19. The Morgan fingerprint density at radius 2 is 1.70 bits per heavy atom. The summed E-state index contributed by atoms with van der Waals surface area (Å²) in [4.78, 5) is 47.7. The molecule has 5 rings (SSSR count). The Bertz CT molecular complexity index is 1320. The summed E-state index contributed by atoms with van der Waals surface area (Å²) in [7, 11) is 0. The third-order valence-electron chi connectivity index (χ3n) is 7.25. The van der Waals surface area contributed by atoms with E-state index in [9.17, 15) is 18.8 Å². The molecule has 0 aliphatic carbocycles. The van der Waals surface area contributed by atoms with Gasteiger partial charge < -0.3 is 20.4 Å². The number of halogens is 1. The molecule has 0 saturated carbocycles. The van der Waals surface area contributed by atoms with Gasteiger partial charge in [0, 0.05) is 68.2 Å². The van der Waals surface area contributed by atoms with Crippen LogP contribution in [-0.2, 0) is 16.0 Å². The number of anilines is 1. The molecule has 2 aromatic carbocycles. The summed E-state index contributed by atoms with van der Waals surface area (Å²) in [5.41, 5.74) is 8.16. The number of primary amides is 1. The van der Waals surface area contributed by atoms with E-state index < -0.39 is 5.91 Å². The monoisotopic (exact) mass is 503 g/mol. The van der Waals surface area contributed by atoms with Gasteiger partial charge in [-0.2, -0.15) is 0 Å². The van der Waals surface area contributed by atoms with E-state index in [2.05, 4.69) is 9.88 Å². The van der Waals surface area contributed by atoms with Crippen molar-refractivity contribution in [2.45, 2.75) is 19.3 Å². The van der Waals surface area contributed by atoms with Gasteiger partial charge in [-0.15, -0.1) is 0 Å². The maximum Gasteiger partial charge on any atom is 0.253 e. The molecule has 192 valence electrons. The molecule has 2 N–H and O–H groups in total. The maximum absolute atomic E-state index is 13.6. The van der Waals surface area contributed by atoms with Gasteiger partial charge in [0.2, 0.25) is 11.8 Å².